The number of fused-ring (bicyclic) bond motifs is 1. The minimum absolute atomic E-state index is 0.0199. The Morgan fingerprint density at radius 1 is 1.00 bits per heavy atom. The summed E-state index contributed by atoms with van der Waals surface area (Å²) in [6, 6.07) is 15.1. The van der Waals surface area contributed by atoms with Gasteiger partial charge in [-0.3, -0.25) is 14.6 Å². The highest BCUT2D eigenvalue weighted by molar-refractivity contribution is 6.06. The minimum Gasteiger partial charge on any atom is -0.497 e. The predicted molar refractivity (Wildman–Crippen MR) is 117 cm³/mol. The first-order chi connectivity index (χ1) is 14.5. The number of carbonyl (C=O) groups is 2. The Morgan fingerprint density at radius 3 is 2.37 bits per heavy atom. The fraction of sp³-hybridized carbons (Fsp3) is 0.320. The molecule has 0 atom stereocenters. The van der Waals surface area contributed by atoms with Crippen molar-refractivity contribution in [3.05, 3.63) is 70.9 Å². The molecule has 0 unspecified atom stereocenters. The number of carbonyl (C=O) groups excluding carboxylic acids is 2. The molecule has 0 radical (unpaired) electrons. The molecule has 1 fully saturated rings. The van der Waals surface area contributed by atoms with Crippen molar-refractivity contribution in [2.24, 2.45) is 5.92 Å². The third-order valence-electron chi connectivity index (χ3n) is 5.85. The summed E-state index contributed by atoms with van der Waals surface area (Å²) in [4.78, 5) is 32.6. The van der Waals surface area contributed by atoms with Gasteiger partial charge in [0, 0.05) is 35.7 Å². The van der Waals surface area contributed by atoms with Gasteiger partial charge in [-0.05, 0) is 69.2 Å². The van der Waals surface area contributed by atoms with Gasteiger partial charge in [0.05, 0.1) is 18.2 Å². The molecule has 1 amide bonds. The lowest BCUT2D eigenvalue weighted by molar-refractivity contribution is 0.0652. The Morgan fingerprint density at radius 2 is 1.70 bits per heavy atom. The fourth-order valence-electron chi connectivity index (χ4n) is 4.16. The summed E-state index contributed by atoms with van der Waals surface area (Å²) >= 11 is 0. The van der Waals surface area contributed by atoms with Crippen LogP contribution in [0.1, 0.15) is 44.8 Å². The molecular weight excluding hydrogens is 376 g/mol. The quantitative estimate of drug-likeness (QED) is 0.599. The van der Waals surface area contributed by atoms with Crippen LogP contribution in [0.3, 0.4) is 0 Å². The normalized spacial score (nSPS) is 14.7. The SMILES string of the molecule is COc1ccc(C(=O)C2CCN(C(=O)c3cc(C)nc4ccc(C)cc34)CC2)cc1. The number of hydrogen-bond donors (Lipinski definition) is 0. The molecule has 2 heterocycles. The van der Waals surface area contributed by atoms with Crippen molar-refractivity contribution in [3.63, 3.8) is 0 Å². The molecule has 4 rings (SSSR count). The van der Waals surface area contributed by atoms with E-state index in [4.69, 9.17) is 4.74 Å². The number of ether oxygens (including phenoxy) is 1. The minimum atomic E-state index is -0.0550. The number of amides is 1. The zero-order valence-electron chi connectivity index (χ0n) is 17.6. The van der Waals surface area contributed by atoms with Gasteiger partial charge in [-0.2, -0.15) is 0 Å². The Kier molecular flexibility index (Phi) is 5.53. The van der Waals surface area contributed by atoms with Crippen LogP contribution in [-0.4, -0.2) is 41.8 Å². The summed E-state index contributed by atoms with van der Waals surface area (Å²) in [7, 11) is 1.61. The fourth-order valence-corrected chi connectivity index (χ4v) is 4.16. The number of rotatable bonds is 4. The van der Waals surface area contributed by atoms with E-state index in [1.165, 1.54) is 0 Å². The maximum Gasteiger partial charge on any atom is 0.254 e. The Labute approximate surface area is 176 Å². The van der Waals surface area contributed by atoms with Crippen molar-refractivity contribution in [1.82, 2.24) is 9.88 Å². The van der Waals surface area contributed by atoms with Crippen LogP contribution < -0.4 is 4.74 Å². The first kappa shape index (κ1) is 20.1. The van der Waals surface area contributed by atoms with Crippen molar-refractivity contribution in [3.8, 4) is 5.75 Å². The molecule has 0 spiro atoms. The van der Waals surface area contributed by atoms with Crippen LogP contribution in [0.5, 0.6) is 5.75 Å². The summed E-state index contributed by atoms with van der Waals surface area (Å²) in [6.07, 6.45) is 1.36. The number of benzene rings is 2. The highest BCUT2D eigenvalue weighted by atomic mass is 16.5. The van der Waals surface area contributed by atoms with E-state index in [2.05, 4.69) is 4.98 Å². The lowest BCUT2D eigenvalue weighted by Crippen LogP contribution is -2.40. The molecule has 1 aliphatic rings. The topological polar surface area (TPSA) is 59.5 Å². The van der Waals surface area contributed by atoms with Crippen molar-refractivity contribution in [2.75, 3.05) is 20.2 Å². The molecule has 1 saturated heterocycles. The number of pyridine rings is 1. The largest absolute Gasteiger partial charge is 0.497 e. The number of likely N-dealkylation sites (tertiary alicyclic amines) is 1. The second-order valence-corrected chi connectivity index (χ2v) is 7.99. The van der Waals surface area contributed by atoms with Gasteiger partial charge < -0.3 is 9.64 Å². The maximum absolute atomic E-state index is 13.3. The average Bonchev–Trinajstić information content (AvgIpc) is 2.78. The number of aromatic nitrogens is 1. The maximum atomic E-state index is 13.3. The van der Waals surface area contributed by atoms with Gasteiger partial charge in [0.25, 0.3) is 5.91 Å². The number of aryl methyl sites for hydroxylation is 2. The molecule has 0 bridgehead atoms. The molecule has 30 heavy (non-hydrogen) atoms. The number of piperidine rings is 1. The van der Waals surface area contributed by atoms with Crippen molar-refractivity contribution >= 4 is 22.6 Å². The molecule has 0 N–H and O–H groups in total. The van der Waals surface area contributed by atoms with Gasteiger partial charge in [-0.15, -0.1) is 0 Å². The van der Waals surface area contributed by atoms with Crippen LogP contribution in [0.4, 0.5) is 0 Å². The van der Waals surface area contributed by atoms with E-state index in [0.29, 0.717) is 37.1 Å². The molecule has 2 aromatic carbocycles. The van der Waals surface area contributed by atoms with Crippen LogP contribution in [0.25, 0.3) is 10.9 Å². The van der Waals surface area contributed by atoms with E-state index in [1.54, 1.807) is 7.11 Å². The summed E-state index contributed by atoms with van der Waals surface area (Å²) in [6.45, 7) is 5.10. The second-order valence-electron chi connectivity index (χ2n) is 7.99. The van der Waals surface area contributed by atoms with E-state index in [-0.39, 0.29) is 17.6 Å². The van der Waals surface area contributed by atoms with Gasteiger partial charge >= 0.3 is 0 Å². The van der Waals surface area contributed by atoms with Gasteiger partial charge in [-0.1, -0.05) is 11.6 Å². The number of nitrogens with zero attached hydrogens (tertiary/aromatic N) is 2. The zero-order chi connectivity index (χ0) is 21.3. The smallest absolute Gasteiger partial charge is 0.254 e. The number of ketones is 1. The van der Waals surface area contributed by atoms with E-state index < -0.39 is 0 Å². The summed E-state index contributed by atoms with van der Waals surface area (Å²) in [5, 5.41) is 0.891. The zero-order valence-corrected chi connectivity index (χ0v) is 17.6. The molecule has 5 nitrogen and oxygen atoms in total. The lowest BCUT2D eigenvalue weighted by Gasteiger charge is -2.31. The first-order valence-electron chi connectivity index (χ1n) is 10.3. The van der Waals surface area contributed by atoms with E-state index >= 15 is 0 Å². The lowest BCUT2D eigenvalue weighted by atomic mass is 9.88. The number of Topliss-reactive ketones (excluding diaryl/α,β-unsaturated/α-hetero) is 1. The van der Waals surface area contributed by atoms with Gasteiger partial charge in [0.1, 0.15) is 5.75 Å². The molecule has 0 saturated carbocycles. The molecule has 0 aliphatic carbocycles. The van der Waals surface area contributed by atoms with Crippen molar-refractivity contribution in [1.29, 1.82) is 0 Å². The van der Waals surface area contributed by atoms with Crippen LogP contribution in [0.2, 0.25) is 0 Å². The summed E-state index contributed by atoms with van der Waals surface area (Å²) in [5.41, 5.74) is 4.17. The predicted octanol–water partition coefficient (Wildman–Crippen LogP) is 4.60. The second kappa shape index (κ2) is 8.27. The highest BCUT2D eigenvalue weighted by Gasteiger charge is 2.29. The van der Waals surface area contributed by atoms with Crippen molar-refractivity contribution in [2.45, 2.75) is 26.7 Å². The molecular formula is C25H26N2O3. The Hall–Kier alpha value is -3.21. The molecule has 1 aliphatic heterocycles. The van der Waals surface area contributed by atoms with Crippen molar-refractivity contribution < 1.29 is 14.3 Å². The van der Waals surface area contributed by atoms with E-state index in [1.807, 2.05) is 67.3 Å². The number of hydrogen-bond acceptors (Lipinski definition) is 4. The highest BCUT2D eigenvalue weighted by Crippen LogP contribution is 2.26. The molecule has 1 aromatic heterocycles. The first-order valence-corrected chi connectivity index (χ1v) is 10.3. The summed E-state index contributed by atoms with van der Waals surface area (Å²) in [5.74, 6) is 0.847. The van der Waals surface area contributed by atoms with Crippen LogP contribution in [0, 0.1) is 19.8 Å². The molecule has 3 aromatic rings. The van der Waals surface area contributed by atoms with Gasteiger partial charge in [0.15, 0.2) is 5.78 Å². The van der Waals surface area contributed by atoms with E-state index in [0.717, 1.165) is 27.9 Å². The van der Waals surface area contributed by atoms with E-state index in [9.17, 15) is 9.59 Å². The van der Waals surface area contributed by atoms with Crippen LogP contribution in [-0.2, 0) is 0 Å². The average molecular weight is 402 g/mol. The number of methoxy groups -OCH3 is 1. The van der Waals surface area contributed by atoms with Gasteiger partial charge in [-0.25, -0.2) is 0 Å². The summed E-state index contributed by atoms with van der Waals surface area (Å²) < 4.78 is 5.16. The van der Waals surface area contributed by atoms with Crippen LogP contribution >= 0.6 is 0 Å². The third kappa shape index (κ3) is 3.92. The van der Waals surface area contributed by atoms with Crippen LogP contribution in [0.15, 0.2) is 48.5 Å². The third-order valence-corrected chi connectivity index (χ3v) is 5.85. The standard InChI is InChI=1S/C25H26N2O3/c1-16-4-9-23-21(14-16)22(15-17(2)26-23)25(29)27-12-10-19(11-13-27)24(28)18-5-7-20(30-3)8-6-18/h4-9,14-15,19H,10-13H2,1-3H3. The Bertz CT molecular complexity index is 1100. The Balaban J connectivity index is 1.49. The molecule has 5 heteroatoms. The van der Waals surface area contributed by atoms with Gasteiger partial charge in [0.2, 0.25) is 0 Å². The monoisotopic (exact) mass is 402 g/mol. The molecule has 154 valence electrons.